The molecular formula is C14H27N3O5. The first kappa shape index (κ1) is 25.2. The molecule has 0 bridgehead atoms. The van der Waals surface area contributed by atoms with E-state index in [2.05, 4.69) is 17.3 Å². The first-order valence-corrected chi connectivity index (χ1v) is 6.67. The summed E-state index contributed by atoms with van der Waals surface area (Å²) in [6.07, 6.45) is -0.191. The second kappa shape index (κ2) is 13.0. The number of amides is 1. The van der Waals surface area contributed by atoms with Gasteiger partial charge in [0.1, 0.15) is 6.04 Å². The number of nitrogens with one attached hydrogen (secondary N) is 2. The van der Waals surface area contributed by atoms with Gasteiger partial charge in [-0.15, -0.1) is 0 Å². The van der Waals surface area contributed by atoms with Gasteiger partial charge in [-0.25, -0.2) is 0 Å². The predicted octanol–water partition coefficient (Wildman–Crippen LogP) is 0.682. The Hall–Kier alpha value is -1.73. The summed E-state index contributed by atoms with van der Waals surface area (Å²) in [4.78, 5) is 34.3. The first-order valence-electron chi connectivity index (χ1n) is 6.67. The number of rotatable bonds is 8. The van der Waals surface area contributed by atoms with Gasteiger partial charge in [-0.1, -0.05) is 27.7 Å². The van der Waals surface area contributed by atoms with E-state index in [9.17, 15) is 14.4 Å². The van der Waals surface area contributed by atoms with Crippen LogP contribution in [-0.4, -0.2) is 40.9 Å². The SMILES string of the molecule is CC(C)NC(CC(=O)NC(C)C(=O)C(C)C)C(=O)O.N.[C-]#[O+]. The Kier molecular flexibility index (Phi) is 14.9. The van der Waals surface area contributed by atoms with E-state index in [1.54, 1.807) is 34.6 Å². The number of carboxylic acid groups (broad SMARTS) is 1. The number of aliphatic carboxylic acids is 1. The Labute approximate surface area is 131 Å². The number of carboxylic acids is 1. The van der Waals surface area contributed by atoms with Gasteiger partial charge in [0, 0.05) is 12.0 Å². The average Bonchev–Trinajstić information content (AvgIpc) is 2.38. The number of ketones is 1. The fraction of sp³-hybridized carbons (Fsp3) is 0.714. The molecule has 0 aromatic carbocycles. The summed E-state index contributed by atoms with van der Waals surface area (Å²) >= 11 is 0. The van der Waals surface area contributed by atoms with Gasteiger partial charge in [0.15, 0.2) is 5.78 Å². The number of carbonyl (C=O) groups is 3. The molecule has 0 fully saturated rings. The van der Waals surface area contributed by atoms with Gasteiger partial charge in [-0.05, 0) is 6.92 Å². The van der Waals surface area contributed by atoms with E-state index >= 15 is 0 Å². The molecule has 6 N–H and O–H groups in total. The van der Waals surface area contributed by atoms with Gasteiger partial charge in [-0.3, -0.25) is 14.4 Å². The van der Waals surface area contributed by atoms with Crippen LogP contribution in [0.25, 0.3) is 0 Å². The molecule has 0 saturated heterocycles. The van der Waals surface area contributed by atoms with E-state index in [1.165, 1.54) is 0 Å². The summed E-state index contributed by atoms with van der Waals surface area (Å²) in [6.45, 7) is 13.2. The molecule has 128 valence electrons. The molecule has 0 aliphatic heterocycles. The first-order chi connectivity index (χ1) is 9.65. The van der Waals surface area contributed by atoms with Crippen molar-refractivity contribution in [1.29, 1.82) is 0 Å². The molecule has 22 heavy (non-hydrogen) atoms. The van der Waals surface area contributed by atoms with Crippen molar-refractivity contribution < 1.29 is 24.1 Å². The molecule has 8 heteroatoms. The molecular weight excluding hydrogens is 290 g/mol. The van der Waals surface area contributed by atoms with Gasteiger partial charge < -0.3 is 21.9 Å². The molecule has 2 unspecified atom stereocenters. The Bertz CT molecular complexity index is 380. The molecule has 0 saturated carbocycles. The van der Waals surface area contributed by atoms with Crippen LogP contribution in [-0.2, 0) is 19.0 Å². The Balaban J connectivity index is -0.00000115. The third-order valence-electron chi connectivity index (χ3n) is 2.60. The minimum absolute atomic E-state index is 0. The van der Waals surface area contributed by atoms with Gasteiger partial charge in [0.05, 0.1) is 12.5 Å². The summed E-state index contributed by atoms with van der Waals surface area (Å²) in [5, 5.41) is 14.3. The van der Waals surface area contributed by atoms with Crippen molar-refractivity contribution in [3.63, 3.8) is 0 Å². The van der Waals surface area contributed by atoms with E-state index in [4.69, 9.17) is 9.76 Å². The Morgan fingerprint density at radius 1 is 1.09 bits per heavy atom. The minimum atomic E-state index is -1.08. The second-order valence-electron chi connectivity index (χ2n) is 5.26. The molecule has 8 nitrogen and oxygen atoms in total. The number of Topliss-reactive ketones (excluding diaryl/α,β-unsaturated/α-hetero) is 1. The molecule has 1 amide bonds. The van der Waals surface area contributed by atoms with E-state index in [1.807, 2.05) is 0 Å². The molecule has 0 aliphatic rings. The fourth-order valence-corrected chi connectivity index (χ4v) is 1.68. The van der Waals surface area contributed by atoms with Crippen molar-refractivity contribution in [2.24, 2.45) is 5.92 Å². The molecule has 0 heterocycles. The third kappa shape index (κ3) is 11.0. The van der Waals surface area contributed by atoms with Crippen molar-refractivity contribution in [3.05, 3.63) is 6.65 Å². The van der Waals surface area contributed by atoms with E-state index in [0.29, 0.717) is 0 Å². The summed E-state index contributed by atoms with van der Waals surface area (Å²) < 4.78 is 7.50. The fourth-order valence-electron chi connectivity index (χ4n) is 1.68. The summed E-state index contributed by atoms with van der Waals surface area (Å²) in [7, 11) is 0. The monoisotopic (exact) mass is 317 g/mol. The van der Waals surface area contributed by atoms with Gasteiger partial charge in [0.25, 0.3) is 0 Å². The molecule has 0 aliphatic carbocycles. The Morgan fingerprint density at radius 2 is 1.55 bits per heavy atom. The van der Waals surface area contributed by atoms with Crippen LogP contribution < -0.4 is 16.8 Å². The topological polar surface area (TPSA) is 150 Å². The Morgan fingerprint density at radius 3 is 1.86 bits per heavy atom. The standard InChI is InChI=1S/C13H24N2O4.CO.H3N/c1-7(2)12(17)9(5)15-11(16)6-10(13(18)19)14-8(3)4;1-2;/h7-10,14H,6H2,1-5H3,(H,15,16)(H,18,19);;1H3. The zero-order chi connectivity index (χ0) is 17.2. The van der Waals surface area contributed by atoms with Crippen LogP contribution in [0.1, 0.15) is 41.0 Å². The van der Waals surface area contributed by atoms with Crippen LogP contribution in [0.3, 0.4) is 0 Å². The maximum atomic E-state index is 11.7. The summed E-state index contributed by atoms with van der Waals surface area (Å²) in [5.41, 5.74) is 0. The molecule has 2 atom stereocenters. The maximum absolute atomic E-state index is 11.7. The molecule has 0 radical (unpaired) electrons. The number of carbonyl (C=O) groups excluding carboxylic acids is 2. The van der Waals surface area contributed by atoms with Crippen LogP contribution in [0.4, 0.5) is 0 Å². The second-order valence-corrected chi connectivity index (χ2v) is 5.26. The van der Waals surface area contributed by atoms with E-state index < -0.39 is 24.0 Å². The van der Waals surface area contributed by atoms with Crippen molar-refractivity contribution in [2.45, 2.75) is 59.2 Å². The normalized spacial score (nSPS) is 12.4. The summed E-state index contributed by atoms with van der Waals surface area (Å²) in [6, 6.07) is -1.58. The van der Waals surface area contributed by atoms with Crippen LogP contribution >= 0.6 is 0 Å². The van der Waals surface area contributed by atoms with Crippen LogP contribution in [0, 0.1) is 12.6 Å². The van der Waals surface area contributed by atoms with Crippen molar-refractivity contribution in [1.82, 2.24) is 16.8 Å². The van der Waals surface area contributed by atoms with Gasteiger partial charge in [0.2, 0.25) is 5.91 Å². The molecule has 0 spiro atoms. The predicted molar refractivity (Wildman–Crippen MR) is 80.7 cm³/mol. The van der Waals surface area contributed by atoms with Crippen molar-refractivity contribution in [2.75, 3.05) is 0 Å². The molecule has 0 aromatic heterocycles. The van der Waals surface area contributed by atoms with Crippen molar-refractivity contribution >= 4 is 17.7 Å². The number of hydrogen-bond acceptors (Lipinski definition) is 5. The third-order valence-corrected chi connectivity index (χ3v) is 2.60. The average molecular weight is 317 g/mol. The zero-order valence-corrected chi connectivity index (χ0v) is 13.8. The summed E-state index contributed by atoms with van der Waals surface area (Å²) in [5.74, 6) is -1.76. The van der Waals surface area contributed by atoms with Crippen LogP contribution in [0.5, 0.6) is 0 Å². The number of hydrogen-bond donors (Lipinski definition) is 4. The molecule has 0 rings (SSSR count). The van der Waals surface area contributed by atoms with Crippen LogP contribution in [0.2, 0.25) is 0 Å². The van der Waals surface area contributed by atoms with Crippen LogP contribution in [0.15, 0.2) is 0 Å². The van der Waals surface area contributed by atoms with Gasteiger partial charge in [-0.2, -0.15) is 0 Å². The zero-order valence-electron chi connectivity index (χ0n) is 13.8. The van der Waals surface area contributed by atoms with Crippen molar-refractivity contribution in [3.8, 4) is 0 Å². The molecule has 0 aromatic rings. The van der Waals surface area contributed by atoms with E-state index in [-0.39, 0.29) is 30.3 Å². The quantitative estimate of drug-likeness (QED) is 0.382. The van der Waals surface area contributed by atoms with E-state index in [0.717, 1.165) is 0 Å². The van der Waals surface area contributed by atoms with Gasteiger partial charge >= 0.3 is 17.3 Å².